The quantitative estimate of drug-likeness (QED) is 0.865. The lowest BCUT2D eigenvalue weighted by Gasteiger charge is -2.36. The molecule has 20 heavy (non-hydrogen) atoms. The van der Waals surface area contributed by atoms with Crippen LogP contribution in [0.4, 0.5) is 10.1 Å². The minimum atomic E-state index is -0.0948. The molecule has 0 spiro atoms. The summed E-state index contributed by atoms with van der Waals surface area (Å²) in [5.41, 5.74) is 1.92. The first kappa shape index (κ1) is 15.3. The predicted octanol–water partition coefficient (Wildman–Crippen LogP) is 4.27. The Balaban J connectivity index is 2.36. The standard InChI is InChI=1S/C17H27FN2/c1-5-11-19-13(2)14-8-6-9-15(18)16(14)20-12-7-10-17(20,3)4/h6,8-9,13,19H,5,7,10-12H2,1-4H3. The van der Waals surface area contributed by atoms with E-state index in [9.17, 15) is 4.39 Å². The van der Waals surface area contributed by atoms with Crippen molar-refractivity contribution in [1.29, 1.82) is 0 Å². The van der Waals surface area contributed by atoms with Crippen molar-refractivity contribution in [3.05, 3.63) is 29.6 Å². The maximum absolute atomic E-state index is 14.5. The molecule has 0 aliphatic carbocycles. The topological polar surface area (TPSA) is 15.3 Å². The smallest absolute Gasteiger partial charge is 0.146 e. The van der Waals surface area contributed by atoms with E-state index < -0.39 is 0 Å². The molecule has 3 heteroatoms. The summed E-state index contributed by atoms with van der Waals surface area (Å²) < 4.78 is 14.5. The van der Waals surface area contributed by atoms with Gasteiger partial charge in [0.2, 0.25) is 0 Å². The molecular formula is C17H27FN2. The molecule has 0 aromatic heterocycles. The number of nitrogens with one attached hydrogen (secondary N) is 1. The molecule has 1 heterocycles. The van der Waals surface area contributed by atoms with Gasteiger partial charge in [-0.1, -0.05) is 19.1 Å². The van der Waals surface area contributed by atoms with E-state index in [2.05, 4.69) is 44.0 Å². The van der Waals surface area contributed by atoms with Crippen LogP contribution in [0.15, 0.2) is 18.2 Å². The molecule has 0 saturated carbocycles. The van der Waals surface area contributed by atoms with Crippen molar-refractivity contribution in [3.8, 4) is 0 Å². The van der Waals surface area contributed by atoms with Crippen LogP contribution in [-0.4, -0.2) is 18.6 Å². The van der Waals surface area contributed by atoms with E-state index in [1.165, 1.54) is 0 Å². The van der Waals surface area contributed by atoms with Crippen LogP contribution < -0.4 is 10.2 Å². The van der Waals surface area contributed by atoms with Crippen LogP contribution in [0.25, 0.3) is 0 Å². The van der Waals surface area contributed by atoms with Gasteiger partial charge in [0.05, 0.1) is 5.69 Å². The van der Waals surface area contributed by atoms with Crippen molar-refractivity contribution in [2.45, 2.75) is 58.5 Å². The molecule has 112 valence electrons. The fraction of sp³-hybridized carbons (Fsp3) is 0.647. The number of hydrogen-bond acceptors (Lipinski definition) is 2. The molecule has 1 aliphatic heterocycles. The number of benzene rings is 1. The molecule has 1 aromatic carbocycles. The van der Waals surface area contributed by atoms with Gasteiger partial charge in [-0.05, 0) is 58.2 Å². The molecule has 1 saturated heterocycles. The van der Waals surface area contributed by atoms with Crippen LogP contribution in [0.2, 0.25) is 0 Å². The third-order valence-corrected chi connectivity index (χ3v) is 4.36. The van der Waals surface area contributed by atoms with Crippen molar-refractivity contribution in [2.24, 2.45) is 0 Å². The monoisotopic (exact) mass is 278 g/mol. The van der Waals surface area contributed by atoms with Crippen LogP contribution in [0, 0.1) is 5.82 Å². The number of anilines is 1. The largest absolute Gasteiger partial charge is 0.364 e. The van der Waals surface area contributed by atoms with Crippen LogP contribution in [0.3, 0.4) is 0 Å². The highest BCUT2D eigenvalue weighted by Crippen LogP contribution is 2.39. The molecule has 2 rings (SSSR count). The summed E-state index contributed by atoms with van der Waals surface area (Å²) in [7, 11) is 0. The second-order valence-electron chi connectivity index (χ2n) is 6.42. The van der Waals surface area contributed by atoms with Crippen molar-refractivity contribution in [1.82, 2.24) is 5.32 Å². The highest BCUT2D eigenvalue weighted by atomic mass is 19.1. The summed E-state index contributed by atoms with van der Waals surface area (Å²) in [5.74, 6) is -0.0948. The summed E-state index contributed by atoms with van der Waals surface area (Å²) >= 11 is 0. The maximum atomic E-state index is 14.5. The van der Waals surface area contributed by atoms with Crippen molar-refractivity contribution in [3.63, 3.8) is 0 Å². The second kappa shape index (κ2) is 6.13. The Labute approximate surface area is 122 Å². The lowest BCUT2D eigenvalue weighted by atomic mass is 9.98. The van der Waals surface area contributed by atoms with Crippen LogP contribution in [-0.2, 0) is 0 Å². The zero-order valence-corrected chi connectivity index (χ0v) is 13.2. The van der Waals surface area contributed by atoms with Crippen LogP contribution in [0.5, 0.6) is 0 Å². The molecule has 0 bridgehead atoms. The molecular weight excluding hydrogens is 251 g/mol. The zero-order valence-electron chi connectivity index (χ0n) is 13.2. The minimum Gasteiger partial charge on any atom is -0.364 e. The van der Waals surface area contributed by atoms with E-state index in [0.717, 1.165) is 43.6 Å². The van der Waals surface area contributed by atoms with Crippen molar-refractivity contribution in [2.75, 3.05) is 18.0 Å². The Hall–Kier alpha value is -1.09. The molecule has 0 amide bonds. The van der Waals surface area contributed by atoms with Crippen molar-refractivity contribution < 1.29 is 4.39 Å². The Kier molecular flexibility index (Phi) is 4.69. The average Bonchev–Trinajstić information content (AvgIpc) is 2.75. The summed E-state index contributed by atoms with van der Waals surface area (Å²) in [6, 6.07) is 5.64. The summed E-state index contributed by atoms with van der Waals surface area (Å²) in [4.78, 5) is 2.25. The van der Waals surface area contributed by atoms with Gasteiger partial charge in [0.25, 0.3) is 0 Å². The van der Waals surface area contributed by atoms with Gasteiger partial charge in [0.15, 0.2) is 0 Å². The number of rotatable bonds is 5. The molecule has 2 nitrogen and oxygen atoms in total. The zero-order chi connectivity index (χ0) is 14.8. The van der Waals surface area contributed by atoms with Crippen molar-refractivity contribution >= 4 is 5.69 Å². The van der Waals surface area contributed by atoms with Gasteiger partial charge in [0, 0.05) is 18.1 Å². The van der Waals surface area contributed by atoms with E-state index >= 15 is 0 Å². The minimum absolute atomic E-state index is 0.0431. The van der Waals surface area contributed by atoms with Gasteiger partial charge in [0.1, 0.15) is 5.82 Å². The van der Waals surface area contributed by atoms with Gasteiger partial charge >= 0.3 is 0 Å². The summed E-state index contributed by atoms with van der Waals surface area (Å²) in [6.45, 7) is 10.6. The molecule has 1 aromatic rings. The fourth-order valence-corrected chi connectivity index (χ4v) is 3.16. The Bertz CT molecular complexity index is 456. The van der Waals surface area contributed by atoms with Gasteiger partial charge in [-0.15, -0.1) is 0 Å². The Morgan fingerprint density at radius 2 is 2.15 bits per heavy atom. The second-order valence-corrected chi connectivity index (χ2v) is 6.42. The third kappa shape index (κ3) is 2.98. The van der Waals surface area contributed by atoms with E-state index in [1.54, 1.807) is 6.07 Å². The number of halogens is 1. The van der Waals surface area contributed by atoms with E-state index in [1.807, 2.05) is 6.07 Å². The lowest BCUT2D eigenvalue weighted by molar-refractivity contribution is 0.498. The van der Waals surface area contributed by atoms with Crippen LogP contribution in [0.1, 0.15) is 58.6 Å². The molecule has 1 unspecified atom stereocenters. The third-order valence-electron chi connectivity index (χ3n) is 4.36. The van der Waals surface area contributed by atoms with E-state index in [0.29, 0.717) is 0 Å². The molecule has 1 fully saturated rings. The van der Waals surface area contributed by atoms with Gasteiger partial charge in [-0.3, -0.25) is 0 Å². The first-order valence-corrected chi connectivity index (χ1v) is 7.77. The predicted molar refractivity (Wildman–Crippen MR) is 83.8 cm³/mol. The first-order chi connectivity index (χ1) is 9.47. The highest BCUT2D eigenvalue weighted by molar-refractivity contribution is 5.58. The maximum Gasteiger partial charge on any atom is 0.146 e. The van der Waals surface area contributed by atoms with Crippen LogP contribution >= 0.6 is 0 Å². The lowest BCUT2D eigenvalue weighted by Crippen LogP contribution is -2.40. The summed E-state index contributed by atoms with van der Waals surface area (Å²) in [6.07, 6.45) is 3.35. The van der Waals surface area contributed by atoms with Gasteiger partial charge < -0.3 is 10.2 Å². The number of hydrogen-bond donors (Lipinski definition) is 1. The molecule has 0 radical (unpaired) electrons. The molecule has 1 atom stereocenters. The van der Waals surface area contributed by atoms with Gasteiger partial charge in [-0.2, -0.15) is 0 Å². The normalized spacial score (nSPS) is 19.4. The van der Waals surface area contributed by atoms with E-state index in [4.69, 9.17) is 0 Å². The SMILES string of the molecule is CCCNC(C)c1cccc(F)c1N1CCCC1(C)C. The number of para-hydroxylation sites is 1. The Morgan fingerprint density at radius 3 is 2.75 bits per heavy atom. The fourth-order valence-electron chi connectivity index (χ4n) is 3.16. The highest BCUT2D eigenvalue weighted by Gasteiger charge is 2.35. The average molecular weight is 278 g/mol. The molecule has 1 aliphatic rings. The number of nitrogens with zero attached hydrogens (tertiary/aromatic N) is 1. The summed E-state index contributed by atoms with van der Waals surface area (Å²) in [5, 5.41) is 3.47. The van der Waals surface area contributed by atoms with Gasteiger partial charge in [-0.25, -0.2) is 4.39 Å². The van der Waals surface area contributed by atoms with E-state index in [-0.39, 0.29) is 17.4 Å². The Morgan fingerprint density at radius 1 is 1.40 bits per heavy atom. The molecule has 1 N–H and O–H groups in total. The first-order valence-electron chi connectivity index (χ1n) is 7.77.